The average molecular weight is 287 g/mol. The van der Waals surface area contributed by atoms with Gasteiger partial charge in [-0.1, -0.05) is 62.8 Å². The summed E-state index contributed by atoms with van der Waals surface area (Å²) in [5.41, 5.74) is 1.44. The molecule has 1 aromatic carbocycles. The van der Waals surface area contributed by atoms with Crippen LogP contribution in [0, 0.1) is 0 Å². The first-order chi connectivity index (χ1) is 8.66. The Morgan fingerprint density at radius 1 is 1.11 bits per heavy atom. The van der Waals surface area contributed by atoms with E-state index in [1.165, 1.54) is 32.1 Å². The Kier molecular flexibility index (Phi) is 7.38. The van der Waals surface area contributed by atoms with E-state index in [0.29, 0.717) is 10.6 Å². The standard InChI is InChI=1S/C15H20Cl2O/c1-2-3-4-5-6-7-9-12-10-8-11-13(14(12)16)15(17)18/h8,10-11H,2-7,9H2,1H3. The molecule has 0 fully saturated rings. The summed E-state index contributed by atoms with van der Waals surface area (Å²) in [6.07, 6.45) is 8.43. The largest absolute Gasteiger partial charge is 0.276 e. The number of aryl methyl sites for hydroxylation is 1. The zero-order valence-corrected chi connectivity index (χ0v) is 12.4. The van der Waals surface area contributed by atoms with Crippen molar-refractivity contribution >= 4 is 28.4 Å². The van der Waals surface area contributed by atoms with Crippen LogP contribution in [0.1, 0.15) is 61.4 Å². The van der Waals surface area contributed by atoms with Crippen LogP contribution in [0.2, 0.25) is 5.02 Å². The van der Waals surface area contributed by atoms with Gasteiger partial charge in [-0.25, -0.2) is 0 Å². The van der Waals surface area contributed by atoms with Gasteiger partial charge in [0.25, 0.3) is 5.24 Å². The minimum absolute atomic E-state index is 0.418. The van der Waals surface area contributed by atoms with Crippen molar-refractivity contribution in [3.8, 4) is 0 Å². The van der Waals surface area contributed by atoms with Crippen LogP contribution in [-0.4, -0.2) is 5.24 Å². The normalized spacial score (nSPS) is 10.6. The molecule has 0 atom stereocenters. The molecule has 1 rings (SSSR count). The van der Waals surface area contributed by atoms with Gasteiger partial charge >= 0.3 is 0 Å². The second kappa shape index (κ2) is 8.55. The Bertz CT molecular complexity index is 388. The van der Waals surface area contributed by atoms with E-state index < -0.39 is 5.24 Å². The fraction of sp³-hybridized carbons (Fsp3) is 0.533. The topological polar surface area (TPSA) is 17.1 Å². The lowest BCUT2D eigenvalue weighted by molar-refractivity contribution is 0.108. The van der Waals surface area contributed by atoms with Gasteiger partial charge in [-0.05, 0) is 36.1 Å². The van der Waals surface area contributed by atoms with Crippen molar-refractivity contribution in [2.75, 3.05) is 0 Å². The summed E-state index contributed by atoms with van der Waals surface area (Å²) in [5.74, 6) is 0. The predicted molar refractivity (Wildman–Crippen MR) is 78.7 cm³/mol. The van der Waals surface area contributed by atoms with Crippen LogP contribution < -0.4 is 0 Å². The summed E-state index contributed by atoms with van der Waals surface area (Å²) in [6.45, 7) is 2.22. The van der Waals surface area contributed by atoms with E-state index in [0.717, 1.165) is 18.4 Å². The smallest absolute Gasteiger partial charge is 0.253 e. The Hall–Kier alpha value is -0.530. The van der Waals surface area contributed by atoms with Crippen LogP contribution in [0.3, 0.4) is 0 Å². The minimum atomic E-state index is -0.482. The third-order valence-electron chi connectivity index (χ3n) is 3.09. The van der Waals surface area contributed by atoms with Gasteiger partial charge in [0, 0.05) is 0 Å². The fourth-order valence-corrected chi connectivity index (χ4v) is 2.53. The van der Waals surface area contributed by atoms with Gasteiger partial charge in [0.05, 0.1) is 10.6 Å². The molecule has 100 valence electrons. The third-order valence-corrected chi connectivity index (χ3v) is 3.74. The SMILES string of the molecule is CCCCCCCCc1cccc(C(=O)Cl)c1Cl. The fourth-order valence-electron chi connectivity index (χ4n) is 2.02. The average Bonchev–Trinajstić information content (AvgIpc) is 2.35. The molecule has 0 unspecified atom stereocenters. The Morgan fingerprint density at radius 2 is 1.78 bits per heavy atom. The number of unbranched alkanes of at least 4 members (excludes halogenated alkanes) is 5. The van der Waals surface area contributed by atoms with Crippen molar-refractivity contribution < 1.29 is 4.79 Å². The van der Waals surface area contributed by atoms with E-state index in [1.807, 2.05) is 12.1 Å². The molecule has 0 N–H and O–H groups in total. The molecular formula is C15H20Cl2O. The third kappa shape index (κ3) is 4.99. The van der Waals surface area contributed by atoms with Crippen molar-refractivity contribution in [3.63, 3.8) is 0 Å². The summed E-state index contributed by atoms with van der Waals surface area (Å²) in [5, 5.41) is 0.0378. The second-order valence-corrected chi connectivity index (χ2v) is 5.29. The summed E-state index contributed by atoms with van der Waals surface area (Å²) in [6, 6.07) is 5.48. The molecule has 0 aliphatic carbocycles. The maximum atomic E-state index is 11.1. The van der Waals surface area contributed by atoms with Gasteiger partial charge < -0.3 is 0 Å². The van der Waals surface area contributed by atoms with Crippen LogP contribution in [-0.2, 0) is 6.42 Å². The van der Waals surface area contributed by atoms with Crippen LogP contribution in [0.4, 0.5) is 0 Å². The first-order valence-corrected chi connectivity index (χ1v) is 7.39. The number of hydrogen-bond donors (Lipinski definition) is 0. The van der Waals surface area contributed by atoms with Crippen LogP contribution >= 0.6 is 23.2 Å². The molecule has 0 spiro atoms. The monoisotopic (exact) mass is 286 g/mol. The van der Waals surface area contributed by atoms with Crippen molar-refractivity contribution in [1.82, 2.24) is 0 Å². The van der Waals surface area contributed by atoms with Crippen LogP contribution in [0.15, 0.2) is 18.2 Å². The quantitative estimate of drug-likeness (QED) is 0.448. The molecule has 18 heavy (non-hydrogen) atoms. The summed E-state index contributed by atoms with van der Waals surface area (Å²) >= 11 is 11.6. The summed E-state index contributed by atoms with van der Waals surface area (Å²) in [7, 11) is 0. The Balaban J connectivity index is 2.43. The van der Waals surface area contributed by atoms with Gasteiger partial charge in [0.2, 0.25) is 0 Å². The number of carbonyl (C=O) groups excluding carboxylic acids is 1. The van der Waals surface area contributed by atoms with E-state index in [1.54, 1.807) is 6.07 Å². The summed E-state index contributed by atoms with van der Waals surface area (Å²) in [4.78, 5) is 11.1. The first kappa shape index (κ1) is 15.5. The second-order valence-electron chi connectivity index (χ2n) is 4.57. The number of halogens is 2. The van der Waals surface area contributed by atoms with E-state index >= 15 is 0 Å². The Labute approximate surface area is 119 Å². The van der Waals surface area contributed by atoms with Gasteiger partial charge in [0.1, 0.15) is 0 Å². The number of benzene rings is 1. The van der Waals surface area contributed by atoms with E-state index in [9.17, 15) is 4.79 Å². The number of rotatable bonds is 8. The molecule has 0 aliphatic rings. The van der Waals surface area contributed by atoms with E-state index in [-0.39, 0.29) is 0 Å². The highest BCUT2D eigenvalue weighted by molar-refractivity contribution is 6.68. The number of hydrogen-bond acceptors (Lipinski definition) is 1. The van der Waals surface area contributed by atoms with Crippen molar-refractivity contribution in [2.45, 2.75) is 51.9 Å². The van der Waals surface area contributed by atoms with Gasteiger partial charge in [0.15, 0.2) is 0 Å². The highest BCUT2D eigenvalue weighted by Crippen LogP contribution is 2.24. The zero-order valence-electron chi connectivity index (χ0n) is 10.8. The molecule has 0 saturated heterocycles. The molecule has 0 radical (unpaired) electrons. The molecule has 3 heteroatoms. The van der Waals surface area contributed by atoms with E-state index in [4.69, 9.17) is 23.2 Å². The maximum absolute atomic E-state index is 11.1. The first-order valence-electron chi connectivity index (χ1n) is 6.64. The van der Waals surface area contributed by atoms with Gasteiger partial charge in [-0.3, -0.25) is 4.79 Å². The zero-order chi connectivity index (χ0) is 13.4. The molecule has 0 aliphatic heterocycles. The van der Waals surface area contributed by atoms with Crippen LogP contribution in [0.25, 0.3) is 0 Å². The molecule has 0 heterocycles. The van der Waals surface area contributed by atoms with E-state index in [2.05, 4.69) is 6.92 Å². The maximum Gasteiger partial charge on any atom is 0.253 e. The lowest BCUT2D eigenvalue weighted by atomic mass is 10.0. The summed E-state index contributed by atoms with van der Waals surface area (Å²) < 4.78 is 0. The molecule has 0 amide bonds. The number of carbonyl (C=O) groups is 1. The van der Waals surface area contributed by atoms with Gasteiger partial charge in [-0.2, -0.15) is 0 Å². The highest BCUT2D eigenvalue weighted by atomic mass is 35.5. The highest BCUT2D eigenvalue weighted by Gasteiger charge is 2.10. The molecule has 1 aromatic rings. The lowest BCUT2D eigenvalue weighted by Gasteiger charge is -2.07. The van der Waals surface area contributed by atoms with Crippen molar-refractivity contribution in [1.29, 1.82) is 0 Å². The van der Waals surface area contributed by atoms with Crippen LogP contribution in [0.5, 0.6) is 0 Å². The lowest BCUT2D eigenvalue weighted by Crippen LogP contribution is -1.95. The van der Waals surface area contributed by atoms with Gasteiger partial charge in [-0.15, -0.1) is 0 Å². The Morgan fingerprint density at radius 3 is 2.44 bits per heavy atom. The predicted octanol–water partition coefficient (Wildman–Crippen LogP) is 5.62. The molecule has 0 saturated carbocycles. The van der Waals surface area contributed by atoms with Crippen molar-refractivity contribution in [3.05, 3.63) is 34.3 Å². The van der Waals surface area contributed by atoms with Crippen molar-refractivity contribution in [2.24, 2.45) is 0 Å². The molecule has 1 nitrogen and oxygen atoms in total. The molecule has 0 bridgehead atoms. The molecule has 0 aromatic heterocycles. The minimum Gasteiger partial charge on any atom is -0.276 e. The molecular weight excluding hydrogens is 267 g/mol.